The molecule has 0 aromatic carbocycles. The second kappa shape index (κ2) is 5.75. The molecule has 0 aromatic heterocycles. The van der Waals surface area contributed by atoms with Crippen LogP contribution in [0.15, 0.2) is 0 Å². The molecule has 14 heavy (non-hydrogen) atoms. The predicted octanol–water partition coefficient (Wildman–Crippen LogP) is 3.97. The number of unbranched alkanes of at least 4 members (excludes halogenated alkanes) is 3. The van der Waals surface area contributed by atoms with Crippen molar-refractivity contribution in [1.82, 2.24) is 0 Å². The van der Waals surface area contributed by atoms with Gasteiger partial charge in [0.1, 0.15) is 0 Å². The van der Waals surface area contributed by atoms with Crippen LogP contribution in [-0.4, -0.2) is 6.54 Å². The van der Waals surface area contributed by atoms with E-state index < -0.39 is 0 Å². The number of nitrogens with two attached hydrogens (primary N) is 1. The van der Waals surface area contributed by atoms with Gasteiger partial charge in [-0.25, -0.2) is 0 Å². The average Bonchev–Trinajstić information content (AvgIpc) is 2.12. The number of rotatable bonds is 7. The maximum atomic E-state index is 5.82. The van der Waals surface area contributed by atoms with Gasteiger partial charge in [0, 0.05) is 0 Å². The first-order valence-corrected chi connectivity index (χ1v) is 6.07. The maximum absolute atomic E-state index is 5.82. The van der Waals surface area contributed by atoms with E-state index in [1.807, 2.05) is 0 Å². The van der Waals surface area contributed by atoms with Crippen molar-refractivity contribution in [2.75, 3.05) is 6.54 Å². The summed E-state index contributed by atoms with van der Waals surface area (Å²) in [7, 11) is 0. The molecule has 0 spiro atoms. The Morgan fingerprint density at radius 3 is 1.86 bits per heavy atom. The van der Waals surface area contributed by atoms with Crippen molar-refractivity contribution in [1.29, 1.82) is 0 Å². The van der Waals surface area contributed by atoms with E-state index in [1.165, 1.54) is 32.1 Å². The fraction of sp³-hybridized carbons (Fsp3) is 1.00. The third-order valence-corrected chi connectivity index (χ3v) is 4.00. The lowest BCUT2D eigenvalue weighted by molar-refractivity contribution is 0.104. The average molecular weight is 199 g/mol. The minimum absolute atomic E-state index is 0.263. The first-order chi connectivity index (χ1) is 6.37. The minimum Gasteiger partial charge on any atom is -0.330 e. The Morgan fingerprint density at radius 2 is 1.43 bits per heavy atom. The molecule has 0 saturated heterocycles. The molecule has 0 rings (SSSR count). The number of hydrogen-bond acceptors (Lipinski definition) is 1. The Morgan fingerprint density at radius 1 is 0.857 bits per heavy atom. The Bertz CT molecular complexity index is 147. The smallest absolute Gasteiger partial charge is 0.00207 e. The quantitative estimate of drug-likeness (QED) is 0.617. The highest BCUT2D eigenvalue weighted by molar-refractivity contribution is 4.86. The largest absolute Gasteiger partial charge is 0.330 e. The second-order valence-corrected chi connectivity index (χ2v) is 5.78. The maximum Gasteiger partial charge on any atom is -0.00207 e. The number of hydrogen-bond donors (Lipinski definition) is 1. The highest BCUT2D eigenvalue weighted by atomic mass is 14.6. The monoisotopic (exact) mass is 199 g/mol. The summed E-state index contributed by atoms with van der Waals surface area (Å²) in [6, 6.07) is 0. The van der Waals surface area contributed by atoms with Gasteiger partial charge in [-0.05, 0) is 23.8 Å². The highest BCUT2D eigenvalue weighted by Crippen LogP contribution is 2.41. The Kier molecular flexibility index (Phi) is 5.73. The van der Waals surface area contributed by atoms with E-state index in [0.717, 1.165) is 6.54 Å². The van der Waals surface area contributed by atoms with Gasteiger partial charge in [0.25, 0.3) is 0 Å². The van der Waals surface area contributed by atoms with Crippen LogP contribution in [0.2, 0.25) is 0 Å². The molecule has 0 aliphatic heterocycles. The predicted molar refractivity (Wildman–Crippen MR) is 65.4 cm³/mol. The van der Waals surface area contributed by atoms with Gasteiger partial charge < -0.3 is 5.73 Å². The van der Waals surface area contributed by atoms with E-state index in [1.54, 1.807) is 0 Å². The van der Waals surface area contributed by atoms with Crippen LogP contribution in [0.25, 0.3) is 0 Å². The van der Waals surface area contributed by atoms with Crippen LogP contribution >= 0.6 is 0 Å². The van der Waals surface area contributed by atoms with Crippen molar-refractivity contribution >= 4 is 0 Å². The molecule has 0 amide bonds. The molecular weight excluding hydrogens is 170 g/mol. The van der Waals surface area contributed by atoms with Crippen LogP contribution in [-0.2, 0) is 0 Å². The SMILES string of the molecule is CCCCCCC(C)(C)C(C)(C)CN. The van der Waals surface area contributed by atoms with E-state index in [-0.39, 0.29) is 5.41 Å². The molecule has 0 heterocycles. The second-order valence-electron chi connectivity index (χ2n) is 5.78. The fourth-order valence-electron chi connectivity index (χ4n) is 1.61. The van der Waals surface area contributed by atoms with Crippen LogP contribution in [0.5, 0.6) is 0 Å². The summed E-state index contributed by atoms with van der Waals surface area (Å²) in [6.07, 6.45) is 6.72. The third-order valence-electron chi connectivity index (χ3n) is 4.00. The zero-order valence-corrected chi connectivity index (χ0v) is 10.8. The van der Waals surface area contributed by atoms with Crippen molar-refractivity contribution in [3.8, 4) is 0 Å². The molecule has 2 N–H and O–H groups in total. The first kappa shape index (κ1) is 14.0. The molecule has 1 heteroatoms. The molecule has 0 aliphatic rings. The molecule has 0 fully saturated rings. The van der Waals surface area contributed by atoms with Gasteiger partial charge in [0.2, 0.25) is 0 Å². The van der Waals surface area contributed by atoms with Gasteiger partial charge >= 0.3 is 0 Å². The van der Waals surface area contributed by atoms with E-state index >= 15 is 0 Å². The van der Waals surface area contributed by atoms with Gasteiger partial charge in [-0.2, -0.15) is 0 Å². The van der Waals surface area contributed by atoms with Crippen molar-refractivity contribution in [3.05, 3.63) is 0 Å². The summed E-state index contributed by atoms with van der Waals surface area (Å²) in [5, 5.41) is 0. The fourth-order valence-corrected chi connectivity index (χ4v) is 1.61. The van der Waals surface area contributed by atoms with E-state index in [4.69, 9.17) is 5.73 Å². The van der Waals surface area contributed by atoms with Crippen LogP contribution in [0, 0.1) is 10.8 Å². The van der Waals surface area contributed by atoms with Gasteiger partial charge in [0.05, 0.1) is 0 Å². The lowest BCUT2D eigenvalue weighted by Gasteiger charge is -2.41. The molecule has 0 saturated carbocycles. The summed E-state index contributed by atoms with van der Waals surface area (Å²) in [5.41, 5.74) is 6.46. The zero-order chi connectivity index (χ0) is 11.2. The summed E-state index contributed by atoms with van der Waals surface area (Å²) in [5.74, 6) is 0. The lowest BCUT2D eigenvalue weighted by Crippen LogP contribution is -2.38. The van der Waals surface area contributed by atoms with Crippen molar-refractivity contribution in [3.63, 3.8) is 0 Å². The van der Waals surface area contributed by atoms with E-state index in [9.17, 15) is 0 Å². The lowest BCUT2D eigenvalue weighted by atomic mass is 9.65. The van der Waals surface area contributed by atoms with Crippen LogP contribution in [0.1, 0.15) is 66.7 Å². The summed E-state index contributed by atoms with van der Waals surface area (Å²) in [6.45, 7) is 12.3. The molecule has 86 valence electrons. The van der Waals surface area contributed by atoms with Crippen molar-refractivity contribution in [2.24, 2.45) is 16.6 Å². The molecule has 0 atom stereocenters. The molecule has 0 radical (unpaired) electrons. The minimum atomic E-state index is 0.263. The van der Waals surface area contributed by atoms with Gasteiger partial charge in [-0.1, -0.05) is 60.3 Å². The molecule has 0 aliphatic carbocycles. The summed E-state index contributed by atoms with van der Waals surface area (Å²) >= 11 is 0. The van der Waals surface area contributed by atoms with Gasteiger partial charge in [0.15, 0.2) is 0 Å². The normalized spacial score (nSPS) is 13.3. The Hall–Kier alpha value is -0.0400. The molecule has 0 bridgehead atoms. The van der Waals surface area contributed by atoms with Crippen molar-refractivity contribution < 1.29 is 0 Å². The van der Waals surface area contributed by atoms with E-state index in [2.05, 4.69) is 34.6 Å². The van der Waals surface area contributed by atoms with Crippen molar-refractivity contribution in [2.45, 2.75) is 66.7 Å². The summed E-state index contributed by atoms with van der Waals surface area (Å²) in [4.78, 5) is 0. The topological polar surface area (TPSA) is 26.0 Å². The Labute approximate surface area is 90.5 Å². The van der Waals surface area contributed by atoms with E-state index in [0.29, 0.717) is 5.41 Å². The van der Waals surface area contributed by atoms with Gasteiger partial charge in [-0.3, -0.25) is 0 Å². The van der Waals surface area contributed by atoms with Crippen LogP contribution < -0.4 is 5.73 Å². The molecule has 0 aromatic rings. The molecule has 1 nitrogen and oxygen atoms in total. The Balaban J connectivity index is 3.94. The zero-order valence-electron chi connectivity index (χ0n) is 10.8. The van der Waals surface area contributed by atoms with Crippen LogP contribution in [0.3, 0.4) is 0 Å². The standard InChI is InChI=1S/C13H29N/c1-6-7-8-9-10-12(2,3)13(4,5)11-14/h6-11,14H2,1-5H3. The molecular formula is C13H29N. The highest BCUT2D eigenvalue weighted by Gasteiger charge is 2.34. The summed E-state index contributed by atoms with van der Waals surface area (Å²) < 4.78 is 0. The third kappa shape index (κ3) is 4.00. The van der Waals surface area contributed by atoms with Crippen LogP contribution in [0.4, 0.5) is 0 Å². The first-order valence-electron chi connectivity index (χ1n) is 6.07. The van der Waals surface area contributed by atoms with Gasteiger partial charge in [-0.15, -0.1) is 0 Å². The molecule has 0 unspecified atom stereocenters.